The molecule has 0 aromatic heterocycles. The Morgan fingerprint density at radius 2 is 1.77 bits per heavy atom. The summed E-state index contributed by atoms with van der Waals surface area (Å²) >= 11 is 6.22. The van der Waals surface area contributed by atoms with E-state index in [0.717, 1.165) is 28.1 Å². The van der Waals surface area contributed by atoms with Crippen LogP contribution < -0.4 is 14.4 Å². The summed E-state index contributed by atoms with van der Waals surface area (Å²) in [7, 11) is -2.25. The summed E-state index contributed by atoms with van der Waals surface area (Å²) in [4.78, 5) is 28.0. The highest BCUT2D eigenvalue weighted by atomic mass is 35.5. The maximum Gasteiger partial charge on any atom is 0.244 e. The zero-order valence-electron chi connectivity index (χ0n) is 20.9. The van der Waals surface area contributed by atoms with E-state index in [1.807, 2.05) is 26.0 Å². The van der Waals surface area contributed by atoms with Crippen LogP contribution in [0.4, 0.5) is 5.69 Å². The van der Waals surface area contributed by atoms with E-state index in [1.54, 1.807) is 38.3 Å². The monoisotopic (exact) mass is 523 g/mol. The van der Waals surface area contributed by atoms with Gasteiger partial charge in [-0.2, -0.15) is 0 Å². The highest BCUT2D eigenvalue weighted by Crippen LogP contribution is 2.25. The maximum absolute atomic E-state index is 13.6. The van der Waals surface area contributed by atoms with E-state index >= 15 is 0 Å². The Kier molecular flexibility index (Phi) is 10.4. The van der Waals surface area contributed by atoms with Crippen molar-refractivity contribution >= 4 is 39.1 Å². The van der Waals surface area contributed by atoms with Crippen molar-refractivity contribution < 1.29 is 22.7 Å². The van der Waals surface area contributed by atoms with Gasteiger partial charge in [0.25, 0.3) is 0 Å². The van der Waals surface area contributed by atoms with Crippen LogP contribution in [0.25, 0.3) is 0 Å². The molecule has 0 unspecified atom stereocenters. The van der Waals surface area contributed by atoms with E-state index in [-0.39, 0.29) is 18.1 Å². The van der Waals surface area contributed by atoms with Gasteiger partial charge in [-0.15, -0.1) is 0 Å². The molecular weight excluding hydrogens is 490 g/mol. The fourth-order valence-electron chi connectivity index (χ4n) is 3.56. The van der Waals surface area contributed by atoms with Crippen molar-refractivity contribution in [3.63, 3.8) is 0 Å². The molecule has 1 N–H and O–H groups in total. The third-order valence-electron chi connectivity index (χ3n) is 5.57. The van der Waals surface area contributed by atoms with Crippen molar-refractivity contribution in [2.75, 3.05) is 30.8 Å². The molecular formula is C25H34ClN3O5S. The first kappa shape index (κ1) is 28.5. The third-order valence-corrected chi connectivity index (χ3v) is 7.12. The van der Waals surface area contributed by atoms with Gasteiger partial charge in [-0.25, -0.2) is 8.42 Å². The summed E-state index contributed by atoms with van der Waals surface area (Å²) < 4.78 is 31.5. The molecule has 0 aliphatic carbocycles. The zero-order valence-corrected chi connectivity index (χ0v) is 22.4. The molecule has 8 nitrogen and oxygen atoms in total. The number of methoxy groups -OCH3 is 1. The number of anilines is 1. The number of aryl methyl sites for hydroxylation is 1. The van der Waals surface area contributed by atoms with Crippen LogP contribution in [0.15, 0.2) is 42.5 Å². The summed E-state index contributed by atoms with van der Waals surface area (Å²) in [5.41, 5.74) is 1.85. The van der Waals surface area contributed by atoms with Gasteiger partial charge in [-0.1, -0.05) is 43.6 Å². The first-order valence-electron chi connectivity index (χ1n) is 11.5. The van der Waals surface area contributed by atoms with Gasteiger partial charge in [0.1, 0.15) is 18.3 Å². The number of benzene rings is 2. The van der Waals surface area contributed by atoms with E-state index in [2.05, 4.69) is 5.32 Å². The van der Waals surface area contributed by atoms with Crippen LogP contribution in [0.1, 0.15) is 37.8 Å². The van der Waals surface area contributed by atoms with Gasteiger partial charge < -0.3 is 15.0 Å². The molecule has 2 rings (SSSR count). The van der Waals surface area contributed by atoms with Gasteiger partial charge in [-0.05, 0) is 55.2 Å². The first-order valence-corrected chi connectivity index (χ1v) is 13.7. The molecule has 35 heavy (non-hydrogen) atoms. The number of rotatable bonds is 12. The lowest BCUT2D eigenvalue weighted by Gasteiger charge is -2.33. The minimum atomic E-state index is -3.81. The molecule has 10 heteroatoms. The van der Waals surface area contributed by atoms with E-state index in [4.69, 9.17) is 16.3 Å². The minimum Gasteiger partial charge on any atom is -0.497 e. The molecule has 0 aliphatic rings. The molecule has 2 amide bonds. The lowest BCUT2D eigenvalue weighted by molar-refractivity contribution is -0.140. The SMILES string of the molecule is CCCNC(=O)[C@@H](CC)N(Cc1ccc(OC)cc1)C(=O)CN(c1ccc(C)c(Cl)c1)S(C)(=O)=O. The third kappa shape index (κ3) is 7.86. The molecule has 0 aliphatic heterocycles. The number of carbonyl (C=O) groups is 2. The van der Waals surface area contributed by atoms with E-state index in [0.29, 0.717) is 23.7 Å². The Morgan fingerprint density at radius 1 is 1.11 bits per heavy atom. The Hall–Kier alpha value is -2.78. The number of nitrogens with one attached hydrogen (secondary N) is 1. The van der Waals surface area contributed by atoms with Crippen LogP contribution in [0, 0.1) is 6.92 Å². The second-order valence-electron chi connectivity index (χ2n) is 8.29. The Morgan fingerprint density at radius 3 is 2.29 bits per heavy atom. The van der Waals surface area contributed by atoms with Crippen molar-refractivity contribution in [1.82, 2.24) is 10.2 Å². The number of carbonyl (C=O) groups excluding carboxylic acids is 2. The van der Waals surface area contributed by atoms with Crippen LogP contribution in [-0.4, -0.2) is 57.6 Å². The van der Waals surface area contributed by atoms with E-state index in [1.165, 1.54) is 11.0 Å². The average molecular weight is 524 g/mol. The predicted molar refractivity (Wildman–Crippen MR) is 139 cm³/mol. The molecule has 2 aromatic rings. The number of halogens is 1. The molecule has 0 bridgehead atoms. The van der Waals surface area contributed by atoms with Crippen LogP contribution in [0.2, 0.25) is 5.02 Å². The number of amides is 2. The molecule has 0 radical (unpaired) electrons. The van der Waals surface area contributed by atoms with Gasteiger partial charge in [0.05, 0.1) is 19.1 Å². The fourth-order valence-corrected chi connectivity index (χ4v) is 4.58. The van der Waals surface area contributed by atoms with Crippen LogP contribution >= 0.6 is 11.6 Å². The smallest absolute Gasteiger partial charge is 0.244 e. The highest BCUT2D eigenvalue weighted by Gasteiger charge is 2.31. The number of ether oxygens (including phenoxy) is 1. The number of nitrogens with zero attached hydrogens (tertiary/aromatic N) is 2. The molecule has 0 saturated carbocycles. The van der Waals surface area contributed by atoms with Crippen molar-refractivity contribution in [3.05, 3.63) is 58.6 Å². The molecule has 192 valence electrons. The van der Waals surface area contributed by atoms with Crippen molar-refractivity contribution in [1.29, 1.82) is 0 Å². The molecule has 1 atom stereocenters. The van der Waals surface area contributed by atoms with E-state index in [9.17, 15) is 18.0 Å². The summed E-state index contributed by atoms with van der Waals surface area (Å²) in [5.74, 6) is -0.110. The average Bonchev–Trinajstić information content (AvgIpc) is 2.82. The second kappa shape index (κ2) is 12.8. The second-order valence-corrected chi connectivity index (χ2v) is 10.6. The van der Waals surface area contributed by atoms with E-state index < -0.39 is 28.5 Å². The lowest BCUT2D eigenvalue weighted by Crippen LogP contribution is -2.52. The molecule has 2 aromatic carbocycles. The summed E-state index contributed by atoms with van der Waals surface area (Å²) in [6, 6.07) is 11.2. The highest BCUT2D eigenvalue weighted by molar-refractivity contribution is 7.92. The first-order chi connectivity index (χ1) is 16.5. The fraction of sp³-hybridized carbons (Fsp3) is 0.440. The van der Waals surface area contributed by atoms with Gasteiger partial charge in [0, 0.05) is 18.1 Å². The largest absolute Gasteiger partial charge is 0.497 e. The van der Waals surface area contributed by atoms with Crippen molar-refractivity contribution in [3.8, 4) is 5.75 Å². The van der Waals surface area contributed by atoms with Crippen LogP contribution in [-0.2, 0) is 26.2 Å². The number of hydrogen-bond donors (Lipinski definition) is 1. The minimum absolute atomic E-state index is 0.132. The van der Waals surface area contributed by atoms with Gasteiger partial charge >= 0.3 is 0 Å². The summed E-state index contributed by atoms with van der Waals surface area (Å²) in [6.45, 7) is 5.71. The molecule has 0 saturated heterocycles. The number of hydrogen-bond acceptors (Lipinski definition) is 5. The van der Waals surface area contributed by atoms with Crippen molar-refractivity contribution in [2.45, 2.75) is 46.2 Å². The zero-order chi connectivity index (χ0) is 26.2. The van der Waals surface area contributed by atoms with Crippen LogP contribution in [0.5, 0.6) is 5.75 Å². The lowest BCUT2D eigenvalue weighted by atomic mass is 10.1. The Bertz CT molecular complexity index is 1120. The molecule has 0 spiro atoms. The van der Waals surface area contributed by atoms with Gasteiger partial charge in [-0.3, -0.25) is 13.9 Å². The maximum atomic E-state index is 13.6. The Labute approximate surface area is 213 Å². The summed E-state index contributed by atoms with van der Waals surface area (Å²) in [5, 5.41) is 3.24. The van der Waals surface area contributed by atoms with Gasteiger partial charge in [0.2, 0.25) is 21.8 Å². The standard InChI is InChI=1S/C25H34ClN3O5S/c1-6-14-27-25(31)23(7-2)28(16-19-9-12-21(34-4)13-10-19)24(30)17-29(35(5,32)33)20-11-8-18(3)22(26)15-20/h8-13,15,23H,6-7,14,16-17H2,1-5H3,(H,27,31)/t23-/m1/s1. The quantitative estimate of drug-likeness (QED) is 0.457. The van der Waals surface area contributed by atoms with Crippen LogP contribution in [0.3, 0.4) is 0 Å². The normalized spacial score (nSPS) is 12.1. The topological polar surface area (TPSA) is 96.0 Å². The van der Waals surface area contributed by atoms with Crippen molar-refractivity contribution in [2.24, 2.45) is 0 Å². The molecule has 0 heterocycles. The Balaban J connectivity index is 2.43. The summed E-state index contributed by atoms with van der Waals surface area (Å²) in [6.07, 6.45) is 2.16. The van der Waals surface area contributed by atoms with Gasteiger partial charge in [0.15, 0.2) is 0 Å². The number of sulfonamides is 1. The molecule has 0 fully saturated rings. The predicted octanol–water partition coefficient (Wildman–Crippen LogP) is 3.76.